The smallest absolute Gasteiger partial charge is 0.154 e. The van der Waals surface area contributed by atoms with Crippen LogP contribution in [-0.2, 0) is 9.47 Å². The molecule has 0 spiro atoms. The van der Waals surface area contributed by atoms with E-state index in [0.29, 0.717) is 0 Å². The molecule has 0 bridgehead atoms. The predicted octanol–water partition coefficient (Wildman–Crippen LogP) is 0.756. The van der Waals surface area contributed by atoms with Crippen LogP contribution in [-0.4, -0.2) is 43.6 Å². The fraction of sp³-hybridized carbons (Fsp3) is 1.00. The highest BCUT2D eigenvalue weighted by atomic mass is 28.2. The van der Waals surface area contributed by atoms with Crippen LogP contribution in [0.4, 0.5) is 0 Å². The molecule has 4 heteroatoms. The van der Waals surface area contributed by atoms with Gasteiger partial charge >= 0.3 is 0 Å². The molecule has 0 aliphatic heterocycles. The summed E-state index contributed by atoms with van der Waals surface area (Å²) < 4.78 is 10.2. The quantitative estimate of drug-likeness (QED) is 0.347. The topological polar surface area (TPSA) is 30.5 Å². The lowest BCUT2D eigenvalue weighted by molar-refractivity contribution is -0.0876. The molecule has 0 rings (SSSR count). The van der Waals surface area contributed by atoms with Crippen LogP contribution in [0.3, 0.4) is 0 Å². The Hall–Kier alpha value is 0.0969. The van der Waals surface area contributed by atoms with Crippen molar-refractivity contribution in [1.82, 2.24) is 5.32 Å². The maximum atomic E-state index is 5.08. The molecular weight excluding hydrogens is 170 g/mol. The van der Waals surface area contributed by atoms with Crippen LogP contribution in [0.1, 0.15) is 6.42 Å². The van der Waals surface area contributed by atoms with Crippen molar-refractivity contribution in [1.29, 1.82) is 0 Å². The summed E-state index contributed by atoms with van der Waals surface area (Å²) in [6.45, 7) is 1.11. The molecule has 0 aromatic carbocycles. The monoisotopic (exact) mass is 189 g/mol. The van der Waals surface area contributed by atoms with Crippen molar-refractivity contribution >= 4 is 9.52 Å². The SMILES string of the molecule is CNCCC[Si]CC(OC)OC. The minimum atomic E-state index is -0.00193. The van der Waals surface area contributed by atoms with Gasteiger partial charge in [0, 0.05) is 23.7 Å². The highest BCUT2D eigenvalue weighted by Gasteiger charge is 2.03. The van der Waals surface area contributed by atoms with Crippen LogP contribution in [0.15, 0.2) is 0 Å². The Labute approximate surface area is 77.6 Å². The lowest BCUT2D eigenvalue weighted by Gasteiger charge is -2.11. The van der Waals surface area contributed by atoms with Gasteiger partial charge in [-0.1, -0.05) is 6.04 Å². The van der Waals surface area contributed by atoms with Crippen molar-refractivity contribution in [3.63, 3.8) is 0 Å². The lowest BCUT2D eigenvalue weighted by Crippen LogP contribution is -2.15. The number of methoxy groups -OCH3 is 2. The second kappa shape index (κ2) is 9.19. The molecule has 2 radical (unpaired) electrons. The van der Waals surface area contributed by atoms with Crippen molar-refractivity contribution in [2.45, 2.75) is 24.8 Å². The van der Waals surface area contributed by atoms with Crippen molar-refractivity contribution in [3.05, 3.63) is 0 Å². The van der Waals surface area contributed by atoms with E-state index in [4.69, 9.17) is 9.47 Å². The van der Waals surface area contributed by atoms with Gasteiger partial charge < -0.3 is 14.8 Å². The van der Waals surface area contributed by atoms with Crippen LogP contribution in [0.25, 0.3) is 0 Å². The number of ether oxygens (including phenoxy) is 2. The zero-order chi connectivity index (χ0) is 9.23. The van der Waals surface area contributed by atoms with E-state index in [2.05, 4.69) is 5.32 Å². The molecule has 1 N–H and O–H groups in total. The highest BCUT2D eigenvalue weighted by Crippen LogP contribution is 2.00. The van der Waals surface area contributed by atoms with E-state index in [9.17, 15) is 0 Å². The molecule has 0 aliphatic carbocycles. The second-order valence-electron chi connectivity index (χ2n) is 2.56. The molecule has 0 saturated carbocycles. The number of nitrogens with one attached hydrogen (secondary N) is 1. The number of rotatable bonds is 8. The van der Waals surface area contributed by atoms with E-state index >= 15 is 0 Å². The average molecular weight is 189 g/mol. The summed E-state index contributed by atoms with van der Waals surface area (Å²) in [6.07, 6.45) is 1.24. The van der Waals surface area contributed by atoms with Gasteiger partial charge in [0.05, 0.1) is 0 Å². The van der Waals surface area contributed by atoms with Gasteiger partial charge in [-0.2, -0.15) is 0 Å². The summed E-state index contributed by atoms with van der Waals surface area (Å²) in [7, 11) is 6.30. The molecule has 0 aromatic heterocycles. The second-order valence-corrected chi connectivity index (χ2v) is 3.97. The van der Waals surface area contributed by atoms with Gasteiger partial charge in [0.1, 0.15) is 0 Å². The largest absolute Gasteiger partial charge is 0.356 e. The summed E-state index contributed by atoms with van der Waals surface area (Å²) in [4.78, 5) is 0. The minimum absolute atomic E-state index is 0.00193. The van der Waals surface area contributed by atoms with E-state index in [1.54, 1.807) is 14.2 Å². The van der Waals surface area contributed by atoms with Gasteiger partial charge in [-0.25, -0.2) is 0 Å². The van der Waals surface area contributed by atoms with Gasteiger partial charge in [-0.05, 0) is 26.1 Å². The Morgan fingerprint density at radius 2 is 2.00 bits per heavy atom. The normalized spacial score (nSPS) is 11.0. The summed E-state index contributed by atoms with van der Waals surface area (Å²) >= 11 is 0. The summed E-state index contributed by atoms with van der Waals surface area (Å²) in [5.74, 6) is 0. The predicted molar refractivity (Wildman–Crippen MR) is 51.7 cm³/mol. The molecule has 0 saturated heterocycles. The zero-order valence-electron chi connectivity index (χ0n) is 8.22. The lowest BCUT2D eigenvalue weighted by atomic mass is 10.5. The Kier molecular flexibility index (Phi) is 9.26. The van der Waals surface area contributed by atoms with E-state index in [0.717, 1.165) is 22.1 Å². The van der Waals surface area contributed by atoms with Crippen LogP contribution >= 0.6 is 0 Å². The standard InChI is InChI=1S/C8H19NO2Si/c1-9-5-4-6-12-7-8(10-2)11-3/h8-9H,4-7H2,1-3H3. The molecule has 0 heterocycles. The van der Waals surface area contributed by atoms with E-state index < -0.39 is 0 Å². The third-order valence-electron chi connectivity index (χ3n) is 1.62. The van der Waals surface area contributed by atoms with Gasteiger partial charge in [-0.3, -0.25) is 0 Å². The van der Waals surface area contributed by atoms with Crippen LogP contribution < -0.4 is 5.32 Å². The van der Waals surface area contributed by atoms with E-state index in [1.165, 1.54) is 12.5 Å². The molecule has 0 unspecified atom stereocenters. The summed E-state index contributed by atoms with van der Waals surface area (Å²) in [6, 6.07) is 2.29. The zero-order valence-corrected chi connectivity index (χ0v) is 9.22. The fourth-order valence-electron chi connectivity index (χ4n) is 0.873. The molecule has 0 amide bonds. The van der Waals surface area contributed by atoms with Crippen molar-refractivity contribution in [3.8, 4) is 0 Å². The maximum absolute atomic E-state index is 5.08. The van der Waals surface area contributed by atoms with E-state index in [-0.39, 0.29) is 6.29 Å². The number of hydrogen-bond donors (Lipinski definition) is 1. The van der Waals surface area contributed by atoms with E-state index in [1.807, 2.05) is 7.05 Å². The molecule has 0 aliphatic rings. The van der Waals surface area contributed by atoms with Crippen LogP contribution in [0.2, 0.25) is 12.1 Å². The van der Waals surface area contributed by atoms with Gasteiger partial charge in [0.2, 0.25) is 0 Å². The molecule has 72 valence electrons. The first-order valence-electron chi connectivity index (χ1n) is 4.26. The third kappa shape index (κ3) is 6.79. The summed E-state index contributed by atoms with van der Waals surface area (Å²) in [5.41, 5.74) is 0. The first-order chi connectivity index (χ1) is 5.85. The van der Waals surface area contributed by atoms with Crippen molar-refractivity contribution in [2.75, 3.05) is 27.8 Å². The third-order valence-corrected chi connectivity index (χ3v) is 2.95. The molecule has 3 nitrogen and oxygen atoms in total. The minimum Gasteiger partial charge on any atom is -0.356 e. The molecule has 12 heavy (non-hydrogen) atoms. The van der Waals surface area contributed by atoms with Gasteiger partial charge in [0.25, 0.3) is 0 Å². The fourth-order valence-corrected chi connectivity index (χ4v) is 2.07. The summed E-state index contributed by atoms with van der Waals surface area (Å²) in [5, 5.41) is 3.13. The average Bonchev–Trinajstić information content (AvgIpc) is 2.11. The van der Waals surface area contributed by atoms with Crippen molar-refractivity contribution in [2.24, 2.45) is 0 Å². The Morgan fingerprint density at radius 3 is 2.50 bits per heavy atom. The van der Waals surface area contributed by atoms with Crippen molar-refractivity contribution < 1.29 is 9.47 Å². The number of hydrogen-bond acceptors (Lipinski definition) is 3. The molecule has 0 atom stereocenters. The Morgan fingerprint density at radius 1 is 1.33 bits per heavy atom. The Balaban J connectivity index is 3.06. The van der Waals surface area contributed by atoms with Gasteiger partial charge in [-0.15, -0.1) is 0 Å². The Bertz CT molecular complexity index is 89.1. The van der Waals surface area contributed by atoms with Gasteiger partial charge in [0.15, 0.2) is 6.29 Å². The molecule has 0 fully saturated rings. The maximum Gasteiger partial charge on any atom is 0.154 e. The molecule has 0 aromatic rings. The van der Waals surface area contributed by atoms with Crippen LogP contribution in [0, 0.1) is 0 Å². The highest BCUT2D eigenvalue weighted by molar-refractivity contribution is 6.35. The molecular formula is C8H19NO2Si. The van der Waals surface area contributed by atoms with Crippen LogP contribution in [0.5, 0.6) is 0 Å². The first kappa shape index (κ1) is 12.1. The first-order valence-corrected chi connectivity index (χ1v) is 5.67.